The minimum absolute atomic E-state index is 0.277. The van der Waals surface area contributed by atoms with Crippen LogP contribution in [0.4, 0.5) is 21.5 Å². The Morgan fingerprint density at radius 2 is 2.10 bits per heavy atom. The molecule has 0 aliphatic rings. The van der Waals surface area contributed by atoms with Gasteiger partial charge in [-0.3, -0.25) is 0 Å². The normalized spacial score (nSPS) is 10.2. The van der Waals surface area contributed by atoms with Crippen molar-refractivity contribution in [1.82, 2.24) is 0 Å². The molecule has 0 fully saturated rings. The molecule has 0 radical (unpaired) electrons. The fourth-order valence-corrected chi connectivity index (χ4v) is 2.07. The van der Waals surface area contributed by atoms with Crippen LogP contribution in [0.2, 0.25) is 0 Å². The standard InChI is InChI=1S/C14H12BrFN2O2/c1-20-14(19)9-3-2-4-12(13(9)17)18-8-5-6-11(16)10(15)7-8/h2-7,18H,17H2,1H3. The van der Waals surface area contributed by atoms with E-state index in [1.807, 2.05) is 0 Å². The van der Waals surface area contributed by atoms with Gasteiger partial charge in [-0.25, -0.2) is 9.18 Å². The molecule has 4 nitrogen and oxygen atoms in total. The van der Waals surface area contributed by atoms with Crippen LogP contribution >= 0.6 is 15.9 Å². The molecule has 2 aromatic carbocycles. The Hall–Kier alpha value is -2.08. The van der Waals surface area contributed by atoms with Crippen molar-refractivity contribution in [3.63, 3.8) is 0 Å². The van der Waals surface area contributed by atoms with Crippen LogP contribution < -0.4 is 11.1 Å². The minimum atomic E-state index is -0.508. The molecule has 2 aromatic rings. The number of ether oxygens (including phenoxy) is 1. The molecular weight excluding hydrogens is 327 g/mol. The van der Waals surface area contributed by atoms with E-state index in [0.717, 1.165) is 0 Å². The molecule has 0 spiro atoms. The summed E-state index contributed by atoms with van der Waals surface area (Å²) in [6.45, 7) is 0. The number of nitrogen functional groups attached to an aromatic ring is 1. The molecule has 0 aliphatic heterocycles. The topological polar surface area (TPSA) is 64.3 Å². The number of benzene rings is 2. The van der Waals surface area contributed by atoms with E-state index in [1.165, 1.54) is 13.2 Å². The van der Waals surface area contributed by atoms with Crippen LogP contribution in [0.1, 0.15) is 10.4 Å². The van der Waals surface area contributed by atoms with Gasteiger partial charge in [0, 0.05) is 5.69 Å². The predicted octanol–water partition coefficient (Wildman–Crippen LogP) is 3.70. The molecule has 0 saturated carbocycles. The smallest absolute Gasteiger partial charge is 0.340 e. The van der Waals surface area contributed by atoms with Crippen molar-refractivity contribution in [3.05, 3.63) is 52.3 Å². The van der Waals surface area contributed by atoms with Crippen LogP contribution in [-0.2, 0) is 4.74 Å². The minimum Gasteiger partial charge on any atom is -0.465 e. The molecule has 3 N–H and O–H groups in total. The molecule has 0 unspecified atom stereocenters. The zero-order valence-electron chi connectivity index (χ0n) is 10.6. The number of esters is 1. The number of anilines is 3. The van der Waals surface area contributed by atoms with E-state index in [0.29, 0.717) is 15.8 Å². The van der Waals surface area contributed by atoms with Crippen LogP contribution in [0, 0.1) is 5.82 Å². The Kier molecular flexibility index (Phi) is 4.24. The fraction of sp³-hybridized carbons (Fsp3) is 0.0714. The van der Waals surface area contributed by atoms with Crippen molar-refractivity contribution >= 4 is 39.0 Å². The van der Waals surface area contributed by atoms with Crippen LogP contribution in [0.15, 0.2) is 40.9 Å². The van der Waals surface area contributed by atoms with E-state index in [4.69, 9.17) is 5.73 Å². The summed E-state index contributed by atoms with van der Waals surface area (Å²) in [5.41, 5.74) is 7.67. The maximum atomic E-state index is 13.2. The quantitative estimate of drug-likeness (QED) is 0.661. The predicted molar refractivity (Wildman–Crippen MR) is 79.6 cm³/mol. The Morgan fingerprint density at radius 3 is 2.75 bits per heavy atom. The number of nitrogens with two attached hydrogens (primary N) is 1. The second kappa shape index (κ2) is 5.92. The molecule has 0 aliphatic carbocycles. The monoisotopic (exact) mass is 338 g/mol. The third kappa shape index (κ3) is 2.91. The summed E-state index contributed by atoms with van der Waals surface area (Å²) in [6.07, 6.45) is 0. The lowest BCUT2D eigenvalue weighted by atomic mass is 10.1. The van der Waals surface area contributed by atoms with Crippen molar-refractivity contribution in [2.75, 3.05) is 18.2 Å². The SMILES string of the molecule is COC(=O)c1cccc(Nc2ccc(F)c(Br)c2)c1N. The van der Waals surface area contributed by atoms with Crippen molar-refractivity contribution in [3.8, 4) is 0 Å². The Labute approximate surface area is 123 Å². The average molecular weight is 339 g/mol. The second-order valence-electron chi connectivity index (χ2n) is 4.01. The van der Waals surface area contributed by atoms with E-state index in [2.05, 4.69) is 26.0 Å². The van der Waals surface area contributed by atoms with Gasteiger partial charge in [-0.05, 0) is 46.3 Å². The number of methoxy groups -OCH3 is 1. The highest BCUT2D eigenvalue weighted by molar-refractivity contribution is 9.10. The molecule has 0 saturated heterocycles. The summed E-state index contributed by atoms with van der Waals surface area (Å²) < 4.78 is 18.2. The van der Waals surface area contributed by atoms with Crippen molar-refractivity contribution in [1.29, 1.82) is 0 Å². The van der Waals surface area contributed by atoms with Gasteiger partial charge in [-0.2, -0.15) is 0 Å². The first-order chi connectivity index (χ1) is 9.52. The highest BCUT2D eigenvalue weighted by Crippen LogP contribution is 2.28. The molecule has 6 heteroatoms. The number of carbonyl (C=O) groups is 1. The van der Waals surface area contributed by atoms with Crippen molar-refractivity contribution in [2.24, 2.45) is 0 Å². The van der Waals surface area contributed by atoms with E-state index < -0.39 is 5.97 Å². The third-order valence-corrected chi connectivity index (χ3v) is 3.32. The maximum Gasteiger partial charge on any atom is 0.340 e. The molecule has 0 atom stereocenters. The number of carbonyl (C=O) groups excluding carboxylic acids is 1. The molecule has 20 heavy (non-hydrogen) atoms. The largest absolute Gasteiger partial charge is 0.465 e. The molecule has 0 heterocycles. The number of rotatable bonds is 3. The summed E-state index contributed by atoms with van der Waals surface area (Å²) in [4.78, 5) is 11.6. The summed E-state index contributed by atoms with van der Waals surface area (Å²) in [6, 6.07) is 9.46. The number of nitrogens with one attached hydrogen (secondary N) is 1. The summed E-state index contributed by atoms with van der Waals surface area (Å²) in [5, 5.41) is 3.03. The Balaban J connectivity index is 2.34. The van der Waals surface area contributed by atoms with Crippen molar-refractivity contribution in [2.45, 2.75) is 0 Å². The highest BCUT2D eigenvalue weighted by Gasteiger charge is 2.13. The van der Waals surface area contributed by atoms with Gasteiger partial charge in [0.05, 0.1) is 28.5 Å². The van der Waals surface area contributed by atoms with E-state index in [9.17, 15) is 9.18 Å². The van der Waals surface area contributed by atoms with Gasteiger partial charge in [0.25, 0.3) is 0 Å². The van der Waals surface area contributed by atoms with Crippen LogP contribution in [0.3, 0.4) is 0 Å². The van der Waals surface area contributed by atoms with E-state index in [-0.39, 0.29) is 17.1 Å². The zero-order valence-corrected chi connectivity index (χ0v) is 12.2. The summed E-state index contributed by atoms with van der Waals surface area (Å²) in [5.74, 6) is -0.863. The van der Waals surface area contributed by atoms with Gasteiger partial charge in [0.15, 0.2) is 0 Å². The van der Waals surface area contributed by atoms with Gasteiger partial charge in [0.1, 0.15) is 5.82 Å². The van der Waals surface area contributed by atoms with E-state index >= 15 is 0 Å². The van der Waals surface area contributed by atoms with Gasteiger partial charge in [0.2, 0.25) is 0 Å². The lowest BCUT2D eigenvalue weighted by Gasteiger charge is -2.12. The molecule has 2 rings (SSSR count). The molecule has 0 bridgehead atoms. The summed E-state index contributed by atoms with van der Waals surface area (Å²) in [7, 11) is 1.29. The lowest BCUT2D eigenvalue weighted by molar-refractivity contribution is 0.0602. The molecule has 0 amide bonds. The number of hydrogen-bond acceptors (Lipinski definition) is 4. The van der Waals surface area contributed by atoms with E-state index in [1.54, 1.807) is 30.3 Å². The van der Waals surface area contributed by atoms with Gasteiger partial charge in [-0.15, -0.1) is 0 Å². The number of hydrogen-bond donors (Lipinski definition) is 2. The molecular formula is C14H12BrFN2O2. The average Bonchev–Trinajstić information content (AvgIpc) is 2.44. The second-order valence-corrected chi connectivity index (χ2v) is 4.87. The van der Waals surface area contributed by atoms with Crippen LogP contribution in [0.5, 0.6) is 0 Å². The third-order valence-electron chi connectivity index (χ3n) is 2.71. The Bertz CT molecular complexity index is 662. The highest BCUT2D eigenvalue weighted by atomic mass is 79.9. The first-order valence-corrected chi connectivity index (χ1v) is 6.51. The van der Waals surface area contributed by atoms with Crippen LogP contribution in [-0.4, -0.2) is 13.1 Å². The van der Waals surface area contributed by atoms with Gasteiger partial charge >= 0.3 is 5.97 Å². The van der Waals surface area contributed by atoms with Crippen LogP contribution in [0.25, 0.3) is 0 Å². The zero-order chi connectivity index (χ0) is 14.7. The number of para-hydroxylation sites is 1. The molecule has 104 valence electrons. The van der Waals surface area contributed by atoms with Crippen molar-refractivity contribution < 1.29 is 13.9 Å². The lowest BCUT2D eigenvalue weighted by Crippen LogP contribution is -2.07. The van der Waals surface area contributed by atoms with Gasteiger partial charge in [-0.1, -0.05) is 6.07 Å². The van der Waals surface area contributed by atoms with Gasteiger partial charge < -0.3 is 15.8 Å². The first-order valence-electron chi connectivity index (χ1n) is 5.72. The Morgan fingerprint density at radius 1 is 1.35 bits per heavy atom. The summed E-state index contributed by atoms with van der Waals surface area (Å²) >= 11 is 3.11. The molecule has 0 aromatic heterocycles. The fourth-order valence-electron chi connectivity index (χ4n) is 1.69. The maximum absolute atomic E-state index is 13.2. The number of halogens is 2. The first kappa shape index (κ1) is 14.3.